The summed E-state index contributed by atoms with van der Waals surface area (Å²) in [6, 6.07) is 8.25. The quantitative estimate of drug-likeness (QED) is 0.903. The number of carbonyl (C=O) groups excluding carboxylic acids is 1. The lowest BCUT2D eigenvalue weighted by Crippen LogP contribution is -2.34. The van der Waals surface area contributed by atoms with Gasteiger partial charge < -0.3 is 15.6 Å². The van der Waals surface area contributed by atoms with Crippen molar-refractivity contribution in [1.29, 1.82) is 0 Å². The summed E-state index contributed by atoms with van der Waals surface area (Å²) in [5.41, 5.74) is 8.90. The van der Waals surface area contributed by atoms with Gasteiger partial charge in [-0.15, -0.1) is 0 Å². The summed E-state index contributed by atoms with van der Waals surface area (Å²) in [5.74, 6) is -0.309. The molecule has 3 rings (SSSR count). The van der Waals surface area contributed by atoms with Gasteiger partial charge in [-0.05, 0) is 11.6 Å². The van der Waals surface area contributed by atoms with E-state index in [0.717, 1.165) is 12.2 Å². The summed E-state index contributed by atoms with van der Waals surface area (Å²) in [7, 11) is 0. The molecule has 110 valence electrons. The predicted molar refractivity (Wildman–Crippen MR) is 82.0 cm³/mol. The Bertz CT molecular complexity index is 648. The maximum Gasteiger partial charge on any atom is 0.219 e. The number of amides is 1. The van der Waals surface area contributed by atoms with Crippen LogP contribution >= 0.6 is 0 Å². The summed E-state index contributed by atoms with van der Waals surface area (Å²) in [5, 5.41) is 0. The summed E-state index contributed by atoms with van der Waals surface area (Å²) < 4.78 is 0. The monoisotopic (exact) mass is 284 g/mol. The van der Waals surface area contributed by atoms with Gasteiger partial charge in [-0.3, -0.25) is 4.79 Å². The van der Waals surface area contributed by atoms with Crippen LogP contribution in [-0.2, 0) is 10.2 Å². The van der Waals surface area contributed by atoms with E-state index in [0.29, 0.717) is 0 Å². The molecule has 1 atom stereocenters. The fraction of sp³-hybridized carbons (Fsp3) is 0.375. The molecule has 0 radical (unpaired) electrons. The van der Waals surface area contributed by atoms with Gasteiger partial charge in [0.25, 0.3) is 0 Å². The molecule has 5 heteroatoms. The number of nitrogens with two attached hydrogens (primary N) is 1. The molecule has 1 amide bonds. The van der Waals surface area contributed by atoms with Gasteiger partial charge in [0.15, 0.2) is 0 Å². The molecular formula is C16H20N4O. The van der Waals surface area contributed by atoms with Crippen LogP contribution in [-0.4, -0.2) is 22.4 Å². The number of H-pyrrole nitrogens is 1. The molecule has 0 bridgehead atoms. The zero-order valence-electron chi connectivity index (χ0n) is 12.3. The number of primary amides is 1. The highest BCUT2D eigenvalue weighted by atomic mass is 16.1. The van der Waals surface area contributed by atoms with Crippen LogP contribution in [0.4, 0.5) is 5.69 Å². The molecule has 1 aromatic carbocycles. The summed E-state index contributed by atoms with van der Waals surface area (Å²) in [4.78, 5) is 21.0. The Morgan fingerprint density at radius 2 is 2.24 bits per heavy atom. The minimum Gasteiger partial charge on any atom is -0.370 e. The number of fused-ring (bicyclic) bond motifs is 1. The number of rotatable bonds is 4. The third kappa shape index (κ3) is 2.39. The first-order chi connectivity index (χ1) is 9.99. The van der Waals surface area contributed by atoms with E-state index in [2.05, 4.69) is 46.9 Å². The molecule has 0 aliphatic carbocycles. The number of para-hydroxylation sites is 1. The van der Waals surface area contributed by atoms with E-state index in [-0.39, 0.29) is 23.8 Å². The van der Waals surface area contributed by atoms with Crippen LogP contribution in [0.5, 0.6) is 0 Å². The van der Waals surface area contributed by atoms with Crippen molar-refractivity contribution in [3.05, 3.63) is 48.0 Å². The molecule has 1 unspecified atom stereocenters. The fourth-order valence-corrected chi connectivity index (χ4v) is 3.20. The smallest absolute Gasteiger partial charge is 0.219 e. The normalized spacial score (nSPS) is 17.5. The van der Waals surface area contributed by atoms with E-state index in [1.807, 2.05) is 6.07 Å². The molecule has 0 fully saturated rings. The van der Waals surface area contributed by atoms with Crippen LogP contribution in [0, 0.1) is 0 Å². The fourth-order valence-electron chi connectivity index (χ4n) is 3.20. The van der Waals surface area contributed by atoms with Crippen molar-refractivity contribution in [3.8, 4) is 0 Å². The van der Waals surface area contributed by atoms with Crippen molar-refractivity contribution in [2.24, 2.45) is 5.73 Å². The van der Waals surface area contributed by atoms with Gasteiger partial charge in [-0.2, -0.15) is 0 Å². The Kier molecular flexibility index (Phi) is 3.20. The standard InChI is InChI=1S/C16H20N4O/c1-16(2)9-20(13-6-4-3-5-11(13)16)14(7-15(17)21)12-8-18-10-19-12/h3-6,8,10,14H,7,9H2,1-2H3,(H2,17,21)(H,18,19). The van der Waals surface area contributed by atoms with E-state index in [1.54, 1.807) is 12.5 Å². The van der Waals surface area contributed by atoms with Crippen LogP contribution in [0.2, 0.25) is 0 Å². The topological polar surface area (TPSA) is 75.0 Å². The SMILES string of the molecule is CC1(C)CN(C(CC(N)=O)c2cnc[nH]2)c2ccccc21. The van der Waals surface area contributed by atoms with E-state index in [1.165, 1.54) is 11.3 Å². The Morgan fingerprint density at radius 3 is 2.90 bits per heavy atom. The lowest BCUT2D eigenvalue weighted by atomic mass is 9.87. The number of hydrogen-bond donors (Lipinski definition) is 2. The third-order valence-electron chi connectivity index (χ3n) is 4.16. The van der Waals surface area contributed by atoms with E-state index in [4.69, 9.17) is 5.73 Å². The van der Waals surface area contributed by atoms with Crippen LogP contribution in [0.15, 0.2) is 36.8 Å². The van der Waals surface area contributed by atoms with Gasteiger partial charge >= 0.3 is 0 Å². The molecule has 3 N–H and O–H groups in total. The molecule has 0 saturated heterocycles. The minimum absolute atomic E-state index is 0.0481. The first kappa shape index (κ1) is 13.7. The zero-order chi connectivity index (χ0) is 15.0. The number of hydrogen-bond acceptors (Lipinski definition) is 3. The molecule has 5 nitrogen and oxygen atoms in total. The van der Waals surface area contributed by atoms with Gasteiger partial charge in [-0.1, -0.05) is 32.0 Å². The molecule has 0 saturated carbocycles. The van der Waals surface area contributed by atoms with Crippen molar-refractivity contribution in [2.75, 3.05) is 11.4 Å². The van der Waals surface area contributed by atoms with Crippen LogP contribution in [0.3, 0.4) is 0 Å². The van der Waals surface area contributed by atoms with Gasteiger partial charge in [0.1, 0.15) is 0 Å². The lowest BCUT2D eigenvalue weighted by molar-refractivity contribution is -0.118. The Labute approximate surface area is 124 Å². The molecule has 1 aromatic heterocycles. The number of aromatic nitrogens is 2. The molecule has 1 aliphatic rings. The highest BCUT2D eigenvalue weighted by Gasteiger charge is 2.39. The Morgan fingerprint density at radius 1 is 1.48 bits per heavy atom. The first-order valence-electron chi connectivity index (χ1n) is 7.12. The number of imidazole rings is 1. The predicted octanol–water partition coefficient (Wildman–Crippen LogP) is 2.12. The Hall–Kier alpha value is -2.30. The maximum atomic E-state index is 11.5. The number of nitrogens with one attached hydrogen (secondary N) is 1. The lowest BCUT2D eigenvalue weighted by Gasteiger charge is -2.30. The molecule has 21 heavy (non-hydrogen) atoms. The van der Waals surface area contributed by atoms with Gasteiger partial charge in [0.2, 0.25) is 5.91 Å². The number of carbonyl (C=O) groups is 1. The van der Waals surface area contributed by atoms with Crippen molar-refractivity contribution in [3.63, 3.8) is 0 Å². The van der Waals surface area contributed by atoms with Gasteiger partial charge in [0, 0.05) is 17.6 Å². The second kappa shape index (κ2) is 4.91. The summed E-state index contributed by atoms with van der Waals surface area (Å²) in [6.07, 6.45) is 3.67. The second-order valence-electron chi connectivity index (χ2n) is 6.22. The van der Waals surface area contributed by atoms with Crippen molar-refractivity contribution >= 4 is 11.6 Å². The van der Waals surface area contributed by atoms with E-state index >= 15 is 0 Å². The van der Waals surface area contributed by atoms with Crippen molar-refractivity contribution < 1.29 is 4.79 Å². The van der Waals surface area contributed by atoms with Crippen LogP contribution in [0.1, 0.15) is 37.6 Å². The molecular weight excluding hydrogens is 264 g/mol. The average Bonchev–Trinajstić information content (AvgIpc) is 3.04. The first-order valence-corrected chi connectivity index (χ1v) is 7.12. The van der Waals surface area contributed by atoms with Gasteiger partial charge in [0.05, 0.1) is 30.7 Å². The van der Waals surface area contributed by atoms with E-state index < -0.39 is 0 Å². The summed E-state index contributed by atoms with van der Waals surface area (Å²) >= 11 is 0. The van der Waals surface area contributed by atoms with Crippen LogP contribution < -0.4 is 10.6 Å². The molecule has 1 aliphatic heterocycles. The van der Waals surface area contributed by atoms with Gasteiger partial charge in [-0.25, -0.2) is 4.98 Å². The number of aromatic amines is 1. The maximum absolute atomic E-state index is 11.5. The largest absolute Gasteiger partial charge is 0.370 e. The highest BCUT2D eigenvalue weighted by molar-refractivity contribution is 5.76. The number of nitrogens with zero attached hydrogens (tertiary/aromatic N) is 2. The zero-order valence-corrected chi connectivity index (χ0v) is 12.3. The van der Waals surface area contributed by atoms with Crippen molar-refractivity contribution in [2.45, 2.75) is 31.7 Å². The number of benzene rings is 1. The highest BCUT2D eigenvalue weighted by Crippen LogP contribution is 2.44. The minimum atomic E-state index is -0.309. The van der Waals surface area contributed by atoms with Crippen molar-refractivity contribution in [1.82, 2.24) is 9.97 Å². The average molecular weight is 284 g/mol. The van der Waals surface area contributed by atoms with Crippen LogP contribution in [0.25, 0.3) is 0 Å². The number of anilines is 1. The van der Waals surface area contributed by atoms with E-state index in [9.17, 15) is 4.79 Å². The second-order valence-corrected chi connectivity index (χ2v) is 6.22. The molecule has 2 heterocycles. The molecule has 0 spiro atoms. The summed E-state index contributed by atoms with van der Waals surface area (Å²) in [6.45, 7) is 5.30. The molecule has 2 aromatic rings. The Balaban J connectivity index is 2.03. The third-order valence-corrected chi connectivity index (χ3v) is 4.16.